The van der Waals surface area contributed by atoms with Gasteiger partial charge in [-0.25, -0.2) is 4.98 Å². The van der Waals surface area contributed by atoms with Gasteiger partial charge in [-0.15, -0.1) is 11.3 Å². The fourth-order valence-electron chi connectivity index (χ4n) is 3.17. The zero-order valence-corrected chi connectivity index (χ0v) is 14.4. The average Bonchev–Trinajstić information content (AvgIpc) is 3.09. The molecule has 1 aliphatic carbocycles. The van der Waals surface area contributed by atoms with Gasteiger partial charge in [-0.2, -0.15) is 0 Å². The molecule has 0 spiro atoms. The van der Waals surface area contributed by atoms with Gasteiger partial charge >= 0.3 is 0 Å². The molecule has 1 saturated carbocycles. The molecule has 0 aliphatic heterocycles. The maximum atomic E-state index is 9.27. The topological polar surface area (TPSA) is 57.5 Å². The fraction of sp³-hybridized carbons (Fsp3) is 0.412. The monoisotopic (exact) mass is 349 g/mol. The van der Waals surface area contributed by atoms with Crippen LogP contribution in [0.15, 0.2) is 41.0 Å². The van der Waals surface area contributed by atoms with Crippen LogP contribution in [0.25, 0.3) is 0 Å². The molecule has 1 aromatic heterocycles. The lowest BCUT2D eigenvalue weighted by Crippen LogP contribution is -2.21. The van der Waals surface area contributed by atoms with Gasteiger partial charge in [0.15, 0.2) is 0 Å². The van der Waals surface area contributed by atoms with Crippen LogP contribution in [-0.2, 0) is 0 Å². The number of thiazole rings is 1. The number of oxime groups is 1. The highest BCUT2D eigenvalue weighted by Crippen LogP contribution is 2.37. The molecular formula is C17H20ClN3OS. The molecule has 2 aromatic rings. The molecule has 0 amide bonds. The molecule has 0 unspecified atom stereocenters. The van der Waals surface area contributed by atoms with Crippen molar-refractivity contribution in [1.29, 1.82) is 0 Å². The van der Waals surface area contributed by atoms with Gasteiger partial charge in [-0.05, 0) is 49.8 Å². The summed E-state index contributed by atoms with van der Waals surface area (Å²) in [5.74, 6) is 1.75. The second-order valence-corrected chi connectivity index (χ2v) is 7.34. The van der Waals surface area contributed by atoms with Crippen LogP contribution in [0.3, 0.4) is 0 Å². The summed E-state index contributed by atoms with van der Waals surface area (Å²) < 4.78 is 0. The van der Waals surface area contributed by atoms with Gasteiger partial charge in [-0.1, -0.05) is 22.8 Å². The number of hydrogen-bond donors (Lipinski definition) is 2. The Morgan fingerprint density at radius 2 is 2.17 bits per heavy atom. The number of nitrogens with zero attached hydrogens (tertiary/aromatic N) is 2. The first-order valence-electron chi connectivity index (χ1n) is 7.87. The quantitative estimate of drug-likeness (QED) is 0.338. The Labute approximate surface area is 145 Å². The molecule has 1 heterocycles. The molecule has 1 aromatic carbocycles. The molecule has 2 N–H and O–H groups in total. The van der Waals surface area contributed by atoms with E-state index in [0.29, 0.717) is 22.7 Å². The Morgan fingerprint density at radius 1 is 1.35 bits per heavy atom. The van der Waals surface area contributed by atoms with Crippen molar-refractivity contribution in [1.82, 2.24) is 4.98 Å². The maximum Gasteiger partial charge on any atom is 0.146 e. The summed E-state index contributed by atoms with van der Waals surface area (Å²) in [6.07, 6.45) is 7.24. The second kappa shape index (κ2) is 7.79. The van der Waals surface area contributed by atoms with E-state index in [4.69, 9.17) is 11.6 Å². The van der Waals surface area contributed by atoms with Crippen molar-refractivity contribution in [3.63, 3.8) is 0 Å². The van der Waals surface area contributed by atoms with Crippen molar-refractivity contribution in [2.75, 3.05) is 5.32 Å². The molecule has 0 radical (unpaired) electrons. The summed E-state index contributed by atoms with van der Waals surface area (Å²) in [6, 6.07) is 7.43. The number of halogens is 1. The van der Waals surface area contributed by atoms with Crippen LogP contribution in [0, 0.1) is 5.92 Å². The van der Waals surface area contributed by atoms with E-state index in [2.05, 4.69) is 15.5 Å². The predicted octanol–water partition coefficient (Wildman–Crippen LogP) is 5.36. The van der Waals surface area contributed by atoms with Crippen LogP contribution >= 0.6 is 22.9 Å². The van der Waals surface area contributed by atoms with Gasteiger partial charge in [-0.3, -0.25) is 0 Å². The summed E-state index contributed by atoms with van der Waals surface area (Å²) >= 11 is 7.73. The van der Waals surface area contributed by atoms with Crippen molar-refractivity contribution in [2.45, 2.75) is 38.0 Å². The van der Waals surface area contributed by atoms with Crippen LogP contribution in [0.2, 0.25) is 5.02 Å². The maximum absolute atomic E-state index is 9.27. The SMILES string of the molecule is ON=C(C[C@H]1CC[C@@H](c2nccs2)CC1)Nc1cccc(Cl)c1. The van der Waals surface area contributed by atoms with Gasteiger partial charge in [0, 0.05) is 34.6 Å². The van der Waals surface area contributed by atoms with E-state index in [-0.39, 0.29) is 0 Å². The third-order valence-corrected chi connectivity index (χ3v) is 5.54. The highest BCUT2D eigenvalue weighted by Gasteiger charge is 2.25. The zero-order valence-electron chi connectivity index (χ0n) is 12.8. The molecule has 0 saturated heterocycles. The molecule has 122 valence electrons. The standard InChI is InChI=1S/C17H20ClN3OS/c18-14-2-1-3-15(11-14)20-16(21-22)10-12-4-6-13(7-5-12)17-19-8-9-23-17/h1-3,8-9,11-13,22H,4-7,10H2,(H,20,21)/t12-,13+. The smallest absolute Gasteiger partial charge is 0.146 e. The number of aromatic nitrogens is 1. The number of hydrogen-bond acceptors (Lipinski definition) is 4. The largest absolute Gasteiger partial charge is 0.409 e. The van der Waals surface area contributed by atoms with Gasteiger partial charge in [0.2, 0.25) is 0 Å². The number of nitrogens with one attached hydrogen (secondary N) is 1. The number of anilines is 1. The van der Waals surface area contributed by atoms with Gasteiger partial charge < -0.3 is 10.5 Å². The third kappa shape index (κ3) is 4.45. The van der Waals surface area contributed by atoms with E-state index in [0.717, 1.165) is 37.8 Å². The summed E-state index contributed by atoms with van der Waals surface area (Å²) in [5.41, 5.74) is 0.849. The van der Waals surface area contributed by atoms with Crippen LogP contribution in [0.5, 0.6) is 0 Å². The lowest BCUT2D eigenvalue weighted by molar-refractivity contribution is 0.306. The minimum atomic E-state index is 0.545. The summed E-state index contributed by atoms with van der Waals surface area (Å²) in [5, 5.41) is 19.8. The van der Waals surface area contributed by atoms with Crippen molar-refractivity contribution in [3.8, 4) is 0 Å². The van der Waals surface area contributed by atoms with E-state index in [1.54, 1.807) is 11.3 Å². The first kappa shape index (κ1) is 16.3. The molecule has 1 aliphatic rings. The van der Waals surface area contributed by atoms with Crippen molar-refractivity contribution in [2.24, 2.45) is 11.1 Å². The van der Waals surface area contributed by atoms with Crippen LogP contribution in [-0.4, -0.2) is 16.0 Å². The molecule has 4 nitrogen and oxygen atoms in total. The predicted molar refractivity (Wildman–Crippen MR) is 95.7 cm³/mol. The summed E-state index contributed by atoms with van der Waals surface area (Å²) in [6.45, 7) is 0. The zero-order chi connectivity index (χ0) is 16.1. The molecule has 6 heteroatoms. The van der Waals surface area contributed by atoms with E-state index < -0.39 is 0 Å². The number of amidine groups is 1. The fourth-order valence-corrected chi connectivity index (χ4v) is 4.17. The Balaban J connectivity index is 1.52. The van der Waals surface area contributed by atoms with E-state index >= 15 is 0 Å². The van der Waals surface area contributed by atoms with Crippen LogP contribution in [0.4, 0.5) is 5.69 Å². The van der Waals surface area contributed by atoms with Gasteiger partial charge in [0.25, 0.3) is 0 Å². The van der Waals surface area contributed by atoms with E-state index in [1.807, 2.05) is 35.8 Å². The highest BCUT2D eigenvalue weighted by atomic mass is 35.5. The van der Waals surface area contributed by atoms with Gasteiger partial charge in [0.05, 0.1) is 5.01 Å². The highest BCUT2D eigenvalue weighted by molar-refractivity contribution is 7.09. The molecule has 1 fully saturated rings. The average molecular weight is 350 g/mol. The second-order valence-electron chi connectivity index (χ2n) is 5.97. The molecule has 0 atom stereocenters. The van der Waals surface area contributed by atoms with Crippen LogP contribution in [0.1, 0.15) is 43.0 Å². The normalized spacial score (nSPS) is 22.0. The Morgan fingerprint density at radius 3 is 2.83 bits per heavy atom. The van der Waals surface area contributed by atoms with Crippen molar-refractivity contribution in [3.05, 3.63) is 45.9 Å². The van der Waals surface area contributed by atoms with Crippen molar-refractivity contribution >= 4 is 34.5 Å². The Hall–Kier alpha value is -1.59. The summed E-state index contributed by atoms with van der Waals surface area (Å²) in [7, 11) is 0. The number of rotatable bonds is 4. The lowest BCUT2D eigenvalue weighted by Gasteiger charge is -2.27. The third-order valence-electron chi connectivity index (χ3n) is 4.36. The first-order chi connectivity index (χ1) is 11.2. The summed E-state index contributed by atoms with van der Waals surface area (Å²) in [4.78, 5) is 4.44. The lowest BCUT2D eigenvalue weighted by atomic mass is 9.80. The molecule has 3 rings (SSSR count). The Bertz CT molecular complexity index is 652. The Kier molecular flexibility index (Phi) is 5.51. The minimum Gasteiger partial charge on any atom is -0.409 e. The number of benzene rings is 1. The van der Waals surface area contributed by atoms with Crippen LogP contribution < -0.4 is 5.32 Å². The van der Waals surface area contributed by atoms with E-state index in [1.165, 1.54) is 5.01 Å². The molecule has 0 bridgehead atoms. The van der Waals surface area contributed by atoms with Gasteiger partial charge in [0.1, 0.15) is 5.84 Å². The molecule has 23 heavy (non-hydrogen) atoms. The molecular weight excluding hydrogens is 330 g/mol. The van der Waals surface area contributed by atoms with Crippen molar-refractivity contribution < 1.29 is 5.21 Å². The first-order valence-corrected chi connectivity index (χ1v) is 9.13. The van der Waals surface area contributed by atoms with E-state index in [9.17, 15) is 5.21 Å². The minimum absolute atomic E-state index is 0.545.